The number of alkyl halides is 1. The summed E-state index contributed by atoms with van der Waals surface area (Å²) in [7, 11) is 1.74. The van der Waals surface area contributed by atoms with E-state index in [-0.39, 0.29) is 11.9 Å². The van der Waals surface area contributed by atoms with Crippen molar-refractivity contribution in [1.29, 1.82) is 0 Å². The minimum atomic E-state index is -0.860. The molecule has 0 N–H and O–H groups in total. The Morgan fingerprint density at radius 2 is 2.33 bits per heavy atom. The summed E-state index contributed by atoms with van der Waals surface area (Å²) in [5, 5.41) is 10.4. The van der Waals surface area contributed by atoms with E-state index in [1.165, 1.54) is 12.4 Å². The number of rotatable bonds is 5. The van der Waals surface area contributed by atoms with Crippen molar-refractivity contribution in [3.63, 3.8) is 0 Å². The SMILES string of the molecule is Cc1nc(CN2C[C@@H](F)C[C@H]2CN(C)C(=O)c2ccnnc2)cs1. The van der Waals surface area contributed by atoms with Gasteiger partial charge < -0.3 is 4.90 Å². The van der Waals surface area contributed by atoms with E-state index >= 15 is 0 Å². The lowest BCUT2D eigenvalue weighted by Crippen LogP contribution is -2.41. The predicted molar refractivity (Wildman–Crippen MR) is 89.6 cm³/mol. The summed E-state index contributed by atoms with van der Waals surface area (Å²) in [4.78, 5) is 20.6. The average Bonchev–Trinajstić information content (AvgIpc) is 3.13. The highest BCUT2D eigenvalue weighted by Gasteiger charge is 2.34. The van der Waals surface area contributed by atoms with Crippen molar-refractivity contribution in [2.45, 2.75) is 32.1 Å². The first-order chi connectivity index (χ1) is 11.5. The van der Waals surface area contributed by atoms with Crippen molar-refractivity contribution in [2.24, 2.45) is 0 Å². The summed E-state index contributed by atoms with van der Waals surface area (Å²) < 4.78 is 13.9. The number of carbonyl (C=O) groups excluding carboxylic acids is 1. The number of amides is 1. The molecule has 2 aromatic heterocycles. The van der Waals surface area contributed by atoms with Gasteiger partial charge in [0.25, 0.3) is 5.91 Å². The molecule has 24 heavy (non-hydrogen) atoms. The molecule has 1 aliphatic heterocycles. The first-order valence-electron chi connectivity index (χ1n) is 7.84. The molecular weight excluding hydrogens is 329 g/mol. The maximum atomic E-state index is 13.9. The quantitative estimate of drug-likeness (QED) is 0.825. The summed E-state index contributed by atoms with van der Waals surface area (Å²) in [6, 6.07) is 1.62. The lowest BCUT2D eigenvalue weighted by molar-refractivity contribution is 0.0748. The largest absolute Gasteiger partial charge is 0.340 e. The molecule has 3 rings (SSSR count). The van der Waals surface area contributed by atoms with Crippen LogP contribution in [-0.4, -0.2) is 63.2 Å². The van der Waals surface area contributed by atoms with E-state index in [9.17, 15) is 9.18 Å². The van der Waals surface area contributed by atoms with E-state index in [0.29, 0.717) is 31.6 Å². The van der Waals surface area contributed by atoms with Crippen LogP contribution in [0.3, 0.4) is 0 Å². The van der Waals surface area contributed by atoms with Gasteiger partial charge in [0.15, 0.2) is 0 Å². The smallest absolute Gasteiger partial charge is 0.255 e. The van der Waals surface area contributed by atoms with Gasteiger partial charge in [-0.3, -0.25) is 9.69 Å². The van der Waals surface area contributed by atoms with Crippen LogP contribution in [0.25, 0.3) is 0 Å². The molecule has 0 radical (unpaired) electrons. The van der Waals surface area contributed by atoms with Gasteiger partial charge >= 0.3 is 0 Å². The second-order valence-electron chi connectivity index (χ2n) is 6.09. The Kier molecular flexibility index (Phi) is 5.15. The first kappa shape index (κ1) is 16.9. The van der Waals surface area contributed by atoms with Crippen molar-refractivity contribution in [3.05, 3.63) is 40.1 Å². The molecule has 1 amide bonds. The number of likely N-dealkylation sites (tertiary alicyclic amines) is 1. The van der Waals surface area contributed by atoms with Crippen LogP contribution in [0.4, 0.5) is 4.39 Å². The Morgan fingerprint density at radius 1 is 1.50 bits per heavy atom. The average molecular weight is 349 g/mol. The molecule has 128 valence electrons. The van der Waals surface area contributed by atoms with Gasteiger partial charge in [0, 0.05) is 38.1 Å². The molecule has 0 spiro atoms. The van der Waals surface area contributed by atoms with Gasteiger partial charge in [0.1, 0.15) is 6.17 Å². The number of carbonyl (C=O) groups is 1. The Labute approximate surface area is 144 Å². The summed E-state index contributed by atoms with van der Waals surface area (Å²) in [6.45, 7) is 3.45. The van der Waals surface area contributed by atoms with Crippen molar-refractivity contribution >= 4 is 17.2 Å². The van der Waals surface area contributed by atoms with Crippen LogP contribution >= 0.6 is 11.3 Å². The van der Waals surface area contributed by atoms with E-state index in [1.807, 2.05) is 12.3 Å². The molecule has 2 aromatic rings. The third-order valence-corrected chi connectivity index (χ3v) is 4.99. The Balaban J connectivity index is 1.64. The number of aromatic nitrogens is 3. The zero-order chi connectivity index (χ0) is 17.1. The maximum absolute atomic E-state index is 13.9. The second-order valence-corrected chi connectivity index (χ2v) is 7.15. The molecule has 0 aliphatic carbocycles. The molecule has 0 bridgehead atoms. The lowest BCUT2D eigenvalue weighted by atomic mass is 10.2. The second kappa shape index (κ2) is 7.31. The summed E-state index contributed by atoms with van der Waals surface area (Å²) in [6.07, 6.45) is 2.52. The van der Waals surface area contributed by atoms with Crippen LogP contribution in [0.15, 0.2) is 23.8 Å². The molecule has 8 heteroatoms. The van der Waals surface area contributed by atoms with Crippen LogP contribution in [0.1, 0.15) is 27.5 Å². The van der Waals surface area contributed by atoms with E-state index < -0.39 is 6.17 Å². The van der Waals surface area contributed by atoms with Gasteiger partial charge in [-0.2, -0.15) is 10.2 Å². The third-order valence-electron chi connectivity index (χ3n) is 4.17. The van der Waals surface area contributed by atoms with Gasteiger partial charge in [0.2, 0.25) is 0 Å². The Bertz CT molecular complexity index is 695. The molecule has 1 fully saturated rings. The number of hydrogen-bond donors (Lipinski definition) is 0. The zero-order valence-electron chi connectivity index (χ0n) is 13.7. The van der Waals surface area contributed by atoms with Gasteiger partial charge in [-0.1, -0.05) is 0 Å². The minimum absolute atomic E-state index is 0.00856. The number of thiazole rings is 1. The van der Waals surface area contributed by atoms with Gasteiger partial charge in [-0.05, 0) is 19.4 Å². The molecule has 3 heterocycles. The highest BCUT2D eigenvalue weighted by Crippen LogP contribution is 2.24. The highest BCUT2D eigenvalue weighted by molar-refractivity contribution is 7.09. The minimum Gasteiger partial charge on any atom is -0.340 e. The van der Waals surface area contributed by atoms with Gasteiger partial charge in [0.05, 0.1) is 28.7 Å². The van der Waals surface area contributed by atoms with E-state index in [0.717, 1.165) is 10.7 Å². The maximum Gasteiger partial charge on any atom is 0.255 e. The van der Waals surface area contributed by atoms with Gasteiger partial charge in [-0.25, -0.2) is 9.37 Å². The molecule has 1 aliphatic rings. The molecule has 0 aromatic carbocycles. The standard InChI is InChI=1S/C16H20FN5OS/c1-11-20-14(10-24-11)8-22-7-13(17)5-15(22)9-21(2)16(23)12-3-4-18-19-6-12/h3-4,6,10,13,15H,5,7-9H2,1-2H3/t13-,15-/m0/s1. The highest BCUT2D eigenvalue weighted by atomic mass is 32.1. The normalized spacial score (nSPS) is 21.1. The van der Waals surface area contributed by atoms with Crippen molar-refractivity contribution < 1.29 is 9.18 Å². The fraction of sp³-hybridized carbons (Fsp3) is 0.500. The number of aryl methyl sites for hydroxylation is 1. The third kappa shape index (κ3) is 3.93. The van der Waals surface area contributed by atoms with Gasteiger partial charge in [-0.15, -0.1) is 11.3 Å². The summed E-state index contributed by atoms with van der Waals surface area (Å²) >= 11 is 1.60. The predicted octanol–water partition coefficient (Wildman–Crippen LogP) is 1.93. The molecule has 6 nitrogen and oxygen atoms in total. The number of halogens is 1. The summed E-state index contributed by atoms with van der Waals surface area (Å²) in [5.74, 6) is -0.128. The van der Waals surface area contributed by atoms with E-state index in [2.05, 4.69) is 20.1 Å². The van der Waals surface area contributed by atoms with Crippen LogP contribution in [0, 0.1) is 6.92 Å². The molecule has 0 saturated carbocycles. The Morgan fingerprint density at radius 3 is 3.00 bits per heavy atom. The number of hydrogen-bond acceptors (Lipinski definition) is 6. The number of nitrogens with zero attached hydrogens (tertiary/aromatic N) is 5. The van der Waals surface area contributed by atoms with Crippen LogP contribution in [0.2, 0.25) is 0 Å². The monoisotopic (exact) mass is 349 g/mol. The van der Waals surface area contributed by atoms with E-state index in [1.54, 1.807) is 29.4 Å². The first-order valence-corrected chi connectivity index (χ1v) is 8.72. The zero-order valence-corrected chi connectivity index (χ0v) is 14.5. The lowest BCUT2D eigenvalue weighted by Gasteiger charge is -2.27. The van der Waals surface area contributed by atoms with Crippen molar-refractivity contribution in [3.8, 4) is 0 Å². The van der Waals surface area contributed by atoms with Crippen molar-refractivity contribution in [1.82, 2.24) is 25.0 Å². The molecular formula is C16H20FN5OS. The van der Waals surface area contributed by atoms with Crippen LogP contribution in [-0.2, 0) is 6.54 Å². The van der Waals surface area contributed by atoms with Crippen LogP contribution < -0.4 is 0 Å². The van der Waals surface area contributed by atoms with Crippen LogP contribution in [0.5, 0.6) is 0 Å². The topological polar surface area (TPSA) is 62.2 Å². The fourth-order valence-corrected chi connectivity index (χ4v) is 3.64. The summed E-state index contributed by atoms with van der Waals surface area (Å²) in [5.41, 5.74) is 1.45. The molecule has 2 atom stereocenters. The van der Waals surface area contributed by atoms with E-state index in [4.69, 9.17) is 0 Å². The molecule has 0 unspecified atom stereocenters. The fourth-order valence-electron chi connectivity index (χ4n) is 3.03. The molecule has 1 saturated heterocycles. The Hall–Kier alpha value is -1.93. The number of likely N-dealkylation sites (N-methyl/N-ethyl adjacent to an activating group) is 1. The van der Waals surface area contributed by atoms with Crippen molar-refractivity contribution in [2.75, 3.05) is 20.1 Å².